The molecule has 1 heterocycles. The molecule has 1 unspecified atom stereocenters. The zero-order chi connectivity index (χ0) is 9.14. The van der Waals surface area contributed by atoms with Crippen molar-refractivity contribution in [1.82, 2.24) is 0 Å². The predicted molar refractivity (Wildman–Crippen MR) is 52.1 cm³/mol. The summed E-state index contributed by atoms with van der Waals surface area (Å²) in [6.45, 7) is 11.1. The van der Waals surface area contributed by atoms with Gasteiger partial charge in [-0.1, -0.05) is 26.5 Å². The average Bonchev–Trinajstić information content (AvgIpc) is 2.05. The van der Waals surface area contributed by atoms with Gasteiger partial charge in [-0.15, -0.1) is 0 Å². The maximum Gasteiger partial charge on any atom is 0.0683 e. The van der Waals surface area contributed by atoms with Crippen LogP contribution in [0.5, 0.6) is 0 Å². The van der Waals surface area contributed by atoms with Gasteiger partial charge in [0.05, 0.1) is 12.7 Å². The van der Waals surface area contributed by atoms with Crippen molar-refractivity contribution in [2.45, 2.75) is 33.3 Å². The first-order chi connectivity index (χ1) is 5.65. The zero-order valence-corrected chi connectivity index (χ0v) is 8.26. The summed E-state index contributed by atoms with van der Waals surface area (Å²) in [6, 6.07) is 0. The van der Waals surface area contributed by atoms with Crippen molar-refractivity contribution >= 4 is 0 Å². The van der Waals surface area contributed by atoms with E-state index in [1.807, 2.05) is 6.08 Å². The minimum atomic E-state index is 0.390. The van der Waals surface area contributed by atoms with E-state index in [4.69, 9.17) is 4.74 Å². The fourth-order valence-corrected chi connectivity index (χ4v) is 1.46. The van der Waals surface area contributed by atoms with Crippen LogP contribution in [0.2, 0.25) is 0 Å². The predicted octanol–water partition coefficient (Wildman–Crippen LogP) is 2.93. The second-order valence-electron chi connectivity index (χ2n) is 3.81. The summed E-state index contributed by atoms with van der Waals surface area (Å²) in [6.07, 6.45) is 3.39. The first kappa shape index (κ1) is 9.53. The Kier molecular flexibility index (Phi) is 3.10. The van der Waals surface area contributed by atoms with Crippen LogP contribution in [0.3, 0.4) is 0 Å². The van der Waals surface area contributed by atoms with Gasteiger partial charge in [0.15, 0.2) is 0 Å². The Morgan fingerprint density at radius 3 is 2.75 bits per heavy atom. The molecule has 0 amide bonds. The lowest BCUT2D eigenvalue weighted by Crippen LogP contribution is -2.25. The molecule has 0 bridgehead atoms. The van der Waals surface area contributed by atoms with E-state index in [1.165, 1.54) is 11.1 Å². The number of ether oxygens (including phenoxy) is 1. The van der Waals surface area contributed by atoms with Crippen LogP contribution in [0, 0.1) is 5.92 Å². The summed E-state index contributed by atoms with van der Waals surface area (Å²) >= 11 is 0. The molecule has 1 nitrogen and oxygen atoms in total. The van der Waals surface area contributed by atoms with E-state index in [-0.39, 0.29) is 0 Å². The van der Waals surface area contributed by atoms with Crippen molar-refractivity contribution in [3.05, 3.63) is 23.8 Å². The first-order valence-corrected chi connectivity index (χ1v) is 4.57. The van der Waals surface area contributed by atoms with Crippen molar-refractivity contribution in [3.8, 4) is 0 Å². The second kappa shape index (κ2) is 3.90. The largest absolute Gasteiger partial charge is 0.373 e. The van der Waals surface area contributed by atoms with Gasteiger partial charge in [-0.05, 0) is 30.4 Å². The van der Waals surface area contributed by atoms with Crippen molar-refractivity contribution in [1.29, 1.82) is 0 Å². The van der Waals surface area contributed by atoms with Crippen molar-refractivity contribution in [2.75, 3.05) is 6.61 Å². The molecule has 1 rings (SSSR count). The molecule has 0 saturated carbocycles. The van der Waals surface area contributed by atoms with Crippen LogP contribution in [-0.2, 0) is 4.74 Å². The maximum absolute atomic E-state index is 5.68. The molecule has 0 spiro atoms. The van der Waals surface area contributed by atoms with Gasteiger partial charge in [-0.2, -0.15) is 0 Å². The Hall–Kier alpha value is -0.560. The third kappa shape index (κ3) is 1.98. The smallest absolute Gasteiger partial charge is 0.0683 e. The second-order valence-corrected chi connectivity index (χ2v) is 3.81. The Labute approximate surface area is 75.1 Å². The van der Waals surface area contributed by atoms with Crippen LogP contribution in [-0.4, -0.2) is 12.7 Å². The number of hydrogen-bond acceptors (Lipinski definition) is 1. The standard InChI is InChI=1S/C11H18O/c1-5-10-6-11(8(2)3)12-7-9(10)4/h5,8,11H,1,6-7H2,2-4H3. The topological polar surface area (TPSA) is 9.23 Å². The lowest BCUT2D eigenvalue weighted by Gasteiger charge is -2.27. The highest BCUT2D eigenvalue weighted by Gasteiger charge is 2.20. The molecule has 0 N–H and O–H groups in total. The maximum atomic E-state index is 5.68. The first-order valence-electron chi connectivity index (χ1n) is 4.57. The van der Waals surface area contributed by atoms with Gasteiger partial charge in [0.2, 0.25) is 0 Å². The van der Waals surface area contributed by atoms with Gasteiger partial charge in [0, 0.05) is 0 Å². The van der Waals surface area contributed by atoms with Gasteiger partial charge in [-0.3, -0.25) is 0 Å². The van der Waals surface area contributed by atoms with E-state index < -0.39 is 0 Å². The quantitative estimate of drug-likeness (QED) is 0.613. The highest BCUT2D eigenvalue weighted by molar-refractivity contribution is 5.25. The molecular weight excluding hydrogens is 148 g/mol. The minimum absolute atomic E-state index is 0.390. The normalized spacial score (nSPS) is 24.8. The van der Waals surface area contributed by atoms with E-state index in [0.717, 1.165) is 13.0 Å². The van der Waals surface area contributed by atoms with E-state index in [2.05, 4.69) is 27.4 Å². The summed E-state index contributed by atoms with van der Waals surface area (Å²) < 4.78 is 5.68. The summed E-state index contributed by atoms with van der Waals surface area (Å²) in [7, 11) is 0. The summed E-state index contributed by atoms with van der Waals surface area (Å²) in [5, 5.41) is 0. The van der Waals surface area contributed by atoms with E-state index in [9.17, 15) is 0 Å². The Balaban J connectivity index is 2.67. The summed E-state index contributed by atoms with van der Waals surface area (Å²) in [5.41, 5.74) is 2.71. The van der Waals surface area contributed by atoms with Gasteiger partial charge in [0.1, 0.15) is 0 Å². The molecule has 1 atom stereocenters. The molecule has 0 aromatic carbocycles. The lowest BCUT2D eigenvalue weighted by molar-refractivity contribution is 0.0274. The Morgan fingerprint density at radius 1 is 1.58 bits per heavy atom. The monoisotopic (exact) mass is 166 g/mol. The fourth-order valence-electron chi connectivity index (χ4n) is 1.46. The average molecular weight is 166 g/mol. The summed E-state index contributed by atoms with van der Waals surface area (Å²) in [4.78, 5) is 0. The van der Waals surface area contributed by atoms with Crippen molar-refractivity contribution in [3.63, 3.8) is 0 Å². The van der Waals surface area contributed by atoms with E-state index in [0.29, 0.717) is 12.0 Å². The number of allylic oxidation sites excluding steroid dienone is 1. The van der Waals surface area contributed by atoms with Crippen LogP contribution in [0.4, 0.5) is 0 Å². The fraction of sp³-hybridized carbons (Fsp3) is 0.636. The molecule has 0 radical (unpaired) electrons. The molecule has 1 aliphatic heterocycles. The van der Waals surface area contributed by atoms with Crippen LogP contribution in [0.15, 0.2) is 23.8 Å². The van der Waals surface area contributed by atoms with E-state index >= 15 is 0 Å². The molecule has 0 aliphatic carbocycles. The zero-order valence-electron chi connectivity index (χ0n) is 8.26. The van der Waals surface area contributed by atoms with Crippen LogP contribution in [0.1, 0.15) is 27.2 Å². The number of rotatable bonds is 2. The van der Waals surface area contributed by atoms with E-state index in [1.54, 1.807) is 0 Å². The molecule has 1 aliphatic rings. The molecule has 0 aromatic rings. The van der Waals surface area contributed by atoms with Crippen LogP contribution < -0.4 is 0 Å². The molecule has 0 aromatic heterocycles. The SMILES string of the molecule is C=CC1=C(C)COC(C(C)C)C1. The third-order valence-electron chi connectivity index (χ3n) is 2.47. The minimum Gasteiger partial charge on any atom is -0.373 e. The molecule has 0 saturated heterocycles. The molecule has 12 heavy (non-hydrogen) atoms. The molecule has 68 valence electrons. The van der Waals surface area contributed by atoms with Crippen molar-refractivity contribution < 1.29 is 4.74 Å². The van der Waals surface area contributed by atoms with Crippen molar-refractivity contribution in [2.24, 2.45) is 5.92 Å². The van der Waals surface area contributed by atoms with Gasteiger partial charge in [0.25, 0.3) is 0 Å². The highest BCUT2D eigenvalue weighted by Crippen LogP contribution is 2.25. The number of hydrogen-bond donors (Lipinski definition) is 0. The van der Waals surface area contributed by atoms with Crippen LogP contribution >= 0.6 is 0 Å². The summed E-state index contributed by atoms with van der Waals surface area (Å²) in [5.74, 6) is 0.605. The Bertz CT molecular complexity index is 201. The molecular formula is C11H18O. The van der Waals surface area contributed by atoms with Gasteiger partial charge >= 0.3 is 0 Å². The van der Waals surface area contributed by atoms with Gasteiger partial charge < -0.3 is 4.74 Å². The third-order valence-corrected chi connectivity index (χ3v) is 2.47. The lowest BCUT2D eigenvalue weighted by atomic mass is 9.94. The van der Waals surface area contributed by atoms with Crippen LogP contribution in [0.25, 0.3) is 0 Å². The highest BCUT2D eigenvalue weighted by atomic mass is 16.5. The Morgan fingerprint density at radius 2 is 2.25 bits per heavy atom. The van der Waals surface area contributed by atoms with Gasteiger partial charge in [-0.25, -0.2) is 0 Å². The molecule has 0 fully saturated rings. The molecule has 1 heteroatoms.